The standard InChI is InChI=1S/C15H10F4/c16-13-8-6-12(7-9-13)14(15(17,18)19)10-11-4-2-1-3-5-11/h1-10H. The summed E-state index contributed by atoms with van der Waals surface area (Å²) in [5.74, 6) is -0.565. The Morgan fingerprint density at radius 2 is 1.42 bits per heavy atom. The molecule has 0 aliphatic rings. The monoisotopic (exact) mass is 266 g/mol. The Morgan fingerprint density at radius 1 is 0.842 bits per heavy atom. The third-order valence-electron chi connectivity index (χ3n) is 2.57. The largest absolute Gasteiger partial charge is 0.417 e. The van der Waals surface area contributed by atoms with Crippen molar-refractivity contribution in [2.75, 3.05) is 0 Å². The molecule has 0 aliphatic carbocycles. The van der Waals surface area contributed by atoms with Crippen LogP contribution in [-0.2, 0) is 0 Å². The highest BCUT2D eigenvalue weighted by Crippen LogP contribution is 2.35. The zero-order chi connectivity index (χ0) is 13.9. The van der Waals surface area contributed by atoms with Gasteiger partial charge in [-0.2, -0.15) is 13.2 Å². The zero-order valence-electron chi connectivity index (χ0n) is 9.79. The van der Waals surface area contributed by atoms with Gasteiger partial charge in [-0.15, -0.1) is 0 Å². The molecule has 2 rings (SSSR count). The molecule has 2 aromatic rings. The molecule has 0 unspecified atom stereocenters. The van der Waals surface area contributed by atoms with Gasteiger partial charge in [-0.25, -0.2) is 4.39 Å². The predicted molar refractivity (Wildman–Crippen MR) is 66.8 cm³/mol. The first-order chi connectivity index (χ1) is 8.97. The van der Waals surface area contributed by atoms with Crippen molar-refractivity contribution in [1.82, 2.24) is 0 Å². The van der Waals surface area contributed by atoms with Crippen LogP contribution in [0, 0.1) is 5.82 Å². The van der Waals surface area contributed by atoms with Gasteiger partial charge in [-0.1, -0.05) is 42.5 Å². The second-order valence-electron chi connectivity index (χ2n) is 3.97. The second-order valence-corrected chi connectivity index (χ2v) is 3.97. The molecule has 0 spiro atoms. The van der Waals surface area contributed by atoms with Crippen LogP contribution in [0.4, 0.5) is 17.6 Å². The van der Waals surface area contributed by atoms with Gasteiger partial charge in [0.2, 0.25) is 0 Å². The highest BCUT2D eigenvalue weighted by Gasteiger charge is 2.34. The summed E-state index contributed by atoms with van der Waals surface area (Å²) in [5, 5.41) is 0. The molecule has 0 radical (unpaired) electrons. The summed E-state index contributed by atoms with van der Waals surface area (Å²) < 4.78 is 51.9. The average molecular weight is 266 g/mol. The maximum absolute atomic E-state index is 13.0. The van der Waals surface area contributed by atoms with E-state index in [9.17, 15) is 17.6 Å². The van der Waals surface area contributed by atoms with E-state index in [0.29, 0.717) is 5.56 Å². The number of rotatable bonds is 2. The van der Waals surface area contributed by atoms with E-state index in [-0.39, 0.29) is 5.56 Å². The molecule has 0 nitrogen and oxygen atoms in total. The van der Waals surface area contributed by atoms with Gasteiger partial charge in [0.1, 0.15) is 5.82 Å². The lowest BCUT2D eigenvalue weighted by molar-refractivity contribution is -0.0683. The lowest BCUT2D eigenvalue weighted by Crippen LogP contribution is -2.10. The van der Waals surface area contributed by atoms with Gasteiger partial charge in [0, 0.05) is 0 Å². The number of halogens is 4. The second kappa shape index (κ2) is 5.26. The van der Waals surface area contributed by atoms with Crippen LogP contribution in [-0.4, -0.2) is 6.18 Å². The van der Waals surface area contributed by atoms with Crippen molar-refractivity contribution in [1.29, 1.82) is 0 Å². The average Bonchev–Trinajstić information content (AvgIpc) is 2.37. The van der Waals surface area contributed by atoms with Crippen LogP contribution in [0.3, 0.4) is 0 Å². The molecule has 0 aliphatic heterocycles. The van der Waals surface area contributed by atoms with E-state index in [4.69, 9.17) is 0 Å². The van der Waals surface area contributed by atoms with Crippen LogP contribution in [0.2, 0.25) is 0 Å². The van der Waals surface area contributed by atoms with E-state index in [1.165, 1.54) is 0 Å². The minimum atomic E-state index is -4.49. The molecule has 0 fully saturated rings. The van der Waals surface area contributed by atoms with Gasteiger partial charge in [0.05, 0.1) is 5.57 Å². The van der Waals surface area contributed by atoms with Crippen molar-refractivity contribution in [3.63, 3.8) is 0 Å². The Labute approximate surface area is 108 Å². The van der Waals surface area contributed by atoms with Crippen LogP contribution >= 0.6 is 0 Å². The summed E-state index contributed by atoms with van der Waals surface area (Å²) >= 11 is 0. The number of hydrogen-bond donors (Lipinski definition) is 0. The molecule has 0 amide bonds. The fourth-order valence-corrected chi connectivity index (χ4v) is 1.67. The SMILES string of the molecule is Fc1ccc(C(=Cc2ccccc2)C(F)(F)F)cc1. The van der Waals surface area contributed by atoms with Crippen LogP contribution in [0.25, 0.3) is 11.6 Å². The summed E-state index contributed by atoms with van der Waals surface area (Å²) in [6.45, 7) is 0. The number of alkyl halides is 3. The first-order valence-corrected chi connectivity index (χ1v) is 5.57. The van der Waals surface area contributed by atoms with E-state index in [1.807, 2.05) is 0 Å². The van der Waals surface area contributed by atoms with Crippen molar-refractivity contribution in [3.05, 3.63) is 71.5 Å². The van der Waals surface area contributed by atoms with Gasteiger partial charge >= 0.3 is 6.18 Å². The zero-order valence-corrected chi connectivity index (χ0v) is 9.79. The third-order valence-corrected chi connectivity index (χ3v) is 2.57. The summed E-state index contributed by atoms with van der Waals surface area (Å²) in [4.78, 5) is 0. The quantitative estimate of drug-likeness (QED) is 0.534. The summed E-state index contributed by atoms with van der Waals surface area (Å²) in [7, 11) is 0. The first kappa shape index (κ1) is 13.3. The van der Waals surface area contributed by atoms with Gasteiger partial charge in [0.25, 0.3) is 0 Å². The molecule has 0 bridgehead atoms. The Bertz CT molecular complexity index is 565. The number of allylic oxidation sites excluding steroid dienone is 1. The topological polar surface area (TPSA) is 0 Å². The van der Waals surface area contributed by atoms with E-state index >= 15 is 0 Å². The van der Waals surface area contributed by atoms with Gasteiger partial charge in [0.15, 0.2) is 0 Å². The highest BCUT2D eigenvalue weighted by atomic mass is 19.4. The summed E-state index contributed by atoms with van der Waals surface area (Å²) in [6, 6.07) is 12.5. The Balaban J connectivity index is 2.48. The highest BCUT2D eigenvalue weighted by molar-refractivity contribution is 5.84. The fourth-order valence-electron chi connectivity index (χ4n) is 1.67. The lowest BCUT2D eigenvalue weighted by atomic mass is 10.0. The van der Waals surface area contributed by atoms with Gasteiger partial charge in [-0.3, -0.25) is 0 Å². The van der Waals surface area contributed by atoms with Gasteiger partial charge < -0.3 is 0 Å². The van der Waals surface area contributed by atoms with E-state index < -0.39 is 17.6 Å². The van der Waals surface area contributed by atoms with Crippen molar-refractivity contribution < 1.29 is 17.6 Å². The van der Waals surface area contributed by atoms with Crippen molar-refractivity contribution in [3.8, 4) is 0 Å². The minimum absolute atomic E-state index is 0.0576. The van der Waals surface area contributed by atoms with E-state index in [1.54, 1.807) is 30.3 Å². The maximum Gasteiger partial charge on any atom is 0.417 e. The molecule has 0 saturated heterocycles. The van der Waals surface area contributed by atoms with Crippen LogP contribution in [0.1, 0.15) is 11.1 Å². The maximum atomic E-state index is 13.0. The van der Waals surface area contributed by atoms with Crippen molar-refractivity contribution in [2.24, 2.45) is 0 Å². The lowest BCUT2D eigenvalue weighted by Gasteiger charge is -2.12. The molecular weight excluding hydrogens is 256 g/mol. The molecule has 98 valence electrons. The molecule has 0 atom stereocenters. The molecule has 4 heteroatoms. The molecule has 0 N–H and O–H groups in total. The van der Waals surface area contributed by atoms with Crippen molar-refractivity contribution in [2.45, 2.75) is 6.18 Å². The fraction of sp³-hybridized carbons (Fsp3) is 0.0667. The van der Waals surface area contributed by atoms with Crippen LogP contribution < -0.4 is 0 Å². The smallest absolute Gasteiger partial charge is 0.207 e. The van der Waals surface area contributed by atoms with Crippen LogP contribution in [0.5, 0.6) is 0 Å². The van der Waals surface area contributed by atoms with E-state index in [0.717, 1.165) is 30.3 Å². The summed E-state index contributed by atoms with van der Waals surface area (Å²) in [5.41, 5.74) is -0.407. The first-order valence-electron chi connectivity index (χ1n) is 5.57. The third kappa shape index (κ3) is 3.44. The molecule has 19 heavy (non-hydrogen) atoms. The van der Waals surface area contributed by atoms with Crippen LogP contribution in [0.15, 0.2) is 54.6 Å². The number of benzene rings is 2. The van der Waals surface area contributed by atoms with E-state index in [2.05, 4.69) is 0 Å². The Morgan fingerprint density at radius 3 is 1.95 bits per heavy atom. The molecular formula is C15H10F4. The molecule has 2 aromatic carbocycles. The van der Waals surface area contributed by atoms with Crippen molar-refractivity contribution >= 4 is 11.6 Å². The minimum Gasteiger partial charge on any atom is -0.207 e. The molecule has 0 saturated carbocycles. The molecule has 0 aromatic heterocycles. The Kier molecular flexibility index (Phi) is 3.69. The predicted octanol–water partition coefficient (Wildman–Crippen LogP) is 4.93. The normalized spacial score (nSPS) is 12.5. The molecule has 0 heterocycles. The Hall–Kier alpha value is -2.10. The number of hydrogen-bond acceptors (Lipinski definition) is 0. The van der Waals surface area contributed by atoms with Gasteiger partial charge in [-0.05, 0) is 29.3 Å². The summed E-state index contributed by atoms with van der Waals surface area (Å²) in [6.07, 6.45) is -3.44.